The molecule has 0 bridgehead atoms. The lowest BCUT2D eigenvalue weighted by Crippen LogP contribution is -2.34. The Labute approximate surface area is 106 Å². The maximum Gasteiger partial charge on any atom is 0.142 e. The summed E-state index contributed by atoms with van der Waals surface area (Å²) < 4.78 is 13.3. The number of likely N-dealkylation sites (tertiary alicyclic amines) is 1. The summed E-state index contributed by atoms with van der Waals surface area (Å²) in [5, 5.41) is 9.29. The van der Waals surface area contributed by atoms with Crippen LogP contribution in [0.5, 0.6) is 0 Å². The van der Waals surface area contributed by atoms with Crippen molar-refractivity contribution in [2.24, 2.45) is 5.92 Å². The highest BCUT2D eigenvalue weighted by Crippen LogP contribution is 2.23. The molecule has 0 aliphatic carbocycles. The highest BCUT2D eigenvalue weighted by Gasteiger charge is 2.19. The average Bonchev–Trinajstić information content (AvgIpc) is 2.36. The van der Waals surface area contributed by atoms with Gasteiger partial charge in [0.1, 0.15) is 5.82 Å². The summed E-state index contributed by atoms with van der Waals surface area (Å²) in [5.41, 5.74) is 0.842. The van der Waals surface area contributed by atoms with Crippen LogP contribution in [-0.4, -0.2) is 29.7 Å². The highest BCUT2D eigenvalue weighted by atomic mass is 35.5. The summed E-state index contributed by atoms with van der Waals surface area (Å²) >= 11 is 5.93. The van der Waals surface area contributed by atoms with Gasteiger partial charge in [-0.25, -0.2) is 4.39 Å². The standard InChI is InChI=1S/C13H17ClFNO/c14-13-11(2-1-3-12(13)15)8-16-6-4-10(9-17)5-7-16/h1-3,10,17H,4-9H2. The molecule has 0 atom stereocenters. The molecule has 4 heteroatoms. The third-order valence-corrected chi connectivity index (χ3v) is 3.81. The van der Waals surface area contributed by atoms with Crippen molar-refractivity contribution in [1.82, 2.24) is 4.90 Å². The minimum atomic E-state index is -0.352. The first-order valence-electron chi connectivity index (χ1n) is 5.97. The number of benzene rings is 1. The van der Waals surface area contributed by atoms with E-state index in [2.05, 4.69) is 4.90 Å². The summed E-state index contributed by atoms with van der Waals surface area (Å²) in [5.74, 6) is 0.0728. The van der Waals surface area contributed by atoms with E-state index in [1.807, 2.05) is 6.07 Å². The molecule has 0 amide bonds. The minimum Gasteiger partial charge on any atom is -0.396 e. The minimum absolute atomic E-state index is 0.233. The van der Waals surface area contributed by atoms with Gasteiger partial charge in [0.2, 0.25) is 0 Å². The van der Waals surface area contributed by atoms with E-state index in [4.69, 9.17) is 16.7 Å². The molecule has 1 aromatic carbocycles. The fraction of sp³-hybridized carbons (Fsp3) is 0.538. The molecule has 2 rings (SSSR count). The molecule has 0 unspecified atom stereocenters. The van der Waals surface area contributed by atoms with Crippen LogP contribution in [0.2, 0.25) is 5.02 Å². The third-order valence-electron chi connectivity index (χ3n) is 3.39. The molecule has 2 nitrogen and oxygen atoms in total. The number of piperidine rings is 1. The van der Waals surface area contributed by atoms with Gasteiger partial charge in [-0.15, -0.1) is 0 Å². The molecule has 1 fully saturated rings. The Bertz CT molecular complexity index is 378. The molecule has 1 saturated heterocycles. The quantitative estimate of drug-likeness (QED) is 0.900. The number of aliphatic hydroxyl groups excluding tert-OH is 1. The van der Waals surface area contributed by atoms with E-state index in [9.17, 15) is 4.39 Å². The molecule has 1 N–H and O–H groups in total. The van der Waals surface area contributed by atoms with Crippen LogP contribution in [0.1, 0.15) is 18.4 Å². The molecular formula is C13H17ClFNO. The van der Waals surface area contributed by atoms with E-state index in [0.29, 0.717) is 12.5 Å². The Morgan fingerprint density at radius 1 is 1.35 bits per heavy atom. The second kappa shape index (κ2) is 5.80. The first kappa shape index (κ1) is 12.8. The monoisotopic (exact) mass is 257 g/mol. The van der Waals surface area contributed by atoms with Gasteiger partial charge in [0.05, 0.1) is 5.02 Å². The number of hydrogen-bond acceptors (Lipinski definition) is 2. The second-order valence-electron chi connectivity index (χ2n) is 4.62. The van der Waals surface area contributed by atoms with Gasteiger partial charge in [0, 0.05) is 13.2 Å². The molecule has 1 heterocycles. The Morgan fingerprint density at radius 3 is 2.71 bits per heavy atom. The van der Waals surface area contributed by atoms with Crippen molar-refractivity contribution in [2.75, 3.05) is 19.7 Å². The summed E-state index contributed by atoms with van der Waals surface area (Å²) in [7, 11) is 0. The second-order valence-corrected chi connectivity index (χ2v) is 4.99. The topological polar surface area (TPSA) is 23.5 Å². The average molecular weight is 258 g/mol. The molecule has 0 radical (unpaired) electrons. The first-order valence-corrected chi connectivity index (χ1v) is 6.34. The lowest BCUT2D eigenvalue weighted by atomic mass is 9.97. The zero-order valence-electron chi connectivity index (χ0n) is 9.70. The molecule has 1 aliphatic heterocycles. The predicted molar refractivity (Wildman–Crippen MR) is 66.5 cm³/mol. The Kier molecular flexibility index (Phi) is 4.37. The Morgan fingerprint density at radius 2 is 2.06 bits per heavy atom. The number of nitrogens with zero attached hydrogens (tertiary/aromatic N) is 1. The van der Waals surface area contributed by atoms with E-state index in [-0.39, 0.29) is 17.4 Å². The Balaban J connectivity index is 1.95. The van der Waals surface area contributed by atoms with E-state index < -0.39 is 0 Å². The maximum absolute atomic E-state index is 13.3. The number of aliphatic hydroxyl groups is 1. The van der Waals surface area contributed by atoms with Crippen molar-refractivity contribution in [3.8, 4) is 0 Å². The van der Waals surface area contributed by atoms with Crippen LogP contribution in [-0.2, 0) is 6.54 Å². The summed E-state index contributed by atoms with van der Waals surface area (Å²) in [6.07, 6.45) is 2.01. The molecule has 1 aromatic rings. The fourth-order valence-corrected chi connectivity index (χ4v) is 2.42. The lowest BCUT2D eigenvalue weighted by molar-refractivity contribution is 0.127. The summed E-state index contributed by atoms with van der Waals surface area (Å²) in [4.78, 5) is 2.26. The van der Waals surface area contributed by atoms with Crippen molar-refractivity contribution < 1.29 is 9.50 Å². The van der Waals surface area contributed by atoms with E-state index in [1.165, 1.54) is 6.07 Å². The smallest absolute Gasteiger partial charge is 0.142 e. The Hall–Kier alpha value is -0.640. The fourth-order valence-electron chi connectivity index (χ4n) is 2.24. The van der Waals surface area contributed by atoms with E-state index in [0.717, 1.165) is 31.5 Å². The van der Waals surface area contributed by atoms with Crippen LogP contribution in [0.4, 0.5) is 4.39 Å². The molecule has 0 spiro atoms. The largest absolute Gasteiger partial charge is 0.396 e. The first-order chi connectivity index (χ1) is 8.20. The zero-order chi connectivity index (χ0) is 12.3. The predicted octanol–water partition coefficient (Wildman–Crippen LogP) is 2.68. The molecule has 94 valence electrons. The van der Waals surface area contributed by atoms with Gasteiger partial charge >= 0.3 is 0 Å². The van der Waals surface area contributed by atoms with Gasteiger partial charge in [-0.3, -0.25) is 4.90 Å². The summed E-state index contributed by atoms with van der Waals surface area (Å²) in [6, 6.07) is 4.93. The van der Waals surface area contributed by atoms with Crippen LogP contribution in [0.15, 0.2) is 18.2 Å². The van der Waals surface area contributed by atoms with Crippen molar-refractivity contribution in [3.63, 3.8) is 0 Å². The summed E-state index contributed by atoms with van der Waals surface area (Å²) in [6.45, 7) is 2.85. The highest BCUT2D eigenvalue weighted by molar-refractivity contribution is 6.31. The van der Waals surface area contributed by atoms with Gasteiger partial charge < -0.3 is 5.11 Å². The van der Waals surface area contributed by atoms with Crippen LogP contribution in [0.25, 0.3) is 0 Å². The van der Waals surface area contributed by atoms with E-state index in [1.54, 1.807) is 6.07 Å². The number of hydrogen-bond donors (Lipinski definition) is 1. The van der Waals surface area contributed by atoms with Crippen molar-refractivity contribution in [2.45, 2.75) is 19.4 Å². The van der Waals surface area contributed by atoms with Crippen LogP contribution >= 0.6 is 11.6 Å². The van der Waals surface area contributed by atoms with Gasteiger partial charge in [-0.2, -0.15) is 0 Å². The third kappa shape index (κ3) is 3.18. The van der Waals surface area contributed by atoms with Crippen LogP contribution < -0.4 is 0 Å². The molecule has 1 aliphatic rings. The SMILES string of the molecule is OCC1CCN(Cc2cccc(F)c2Cl)CC1. The van der Waals surface area contributed by atoms with Crippen LogP contribution in [0, 0.1) is 11.7 Å². The number of halogens is 2. The van der Waals surface area contributed by atoms with Gasteiger partial charge in [-0.05, 0) is 43.5 Å². The molecule has 0 saturated carbocycles. The lowest BCUT2D eigenvalue weighted by Gasteiger charge is -2.31. The maximum atomic E-state index is 13.3. The van der Waals surface area contributed by atoms with Crippen molar-refractivity contribution in [1.29, 1.82) is 0 Å². The van der Waals surface area contributed by atoms with Gasteiger partial charge in [0.15, 0.2) is 0 Å². The van der Waals surface area contributed by atoms with Crippen molar-refractivity contribution >= 4 is 11.6 Å². The zero-order valence-corrected chi connectivity index (χ0v) is 10.5. The molecular weight excluding hydrogens is 241 g/mol. The number of rotatable bonds is 3. The van der Waals surface area contributed by atoms with Gasteiger partial charge in [0.25, 0.3) is 0 Å². The normalized spacial score (nSPS) is 18.5. The van der Waals surface area contributed by atoms with Crippen molar-refractivity contribution in [3.05, 3.63) is 34.6 Å². The molecule has 0 aromatic heterocycles. The molecule has 17 heavy (non-hydrogen) atoms. The van der Waals surface area contributed by atoms with Crippen LogP contribution in [0.3, 0.4) is 0 Å². The van der Waals surface area contributed by atoms with Gasteiger partial charge in [-0.1, -0.05) is 23.7 Å². The van der Waals surface area contributed by atoms with E-state index >= 15 is 0 Å².